The Hall–Kier alpha value is -1.75. The molecule has 0 aromatic heterocycles. The second-order valence-electron chi connectivity index (χ2n) is 3.62. The molecule has 78 valence electrons. The van der Waals surface area contributed by atoms with Crippen molar-refractivity contribution >= 4 is 5.91 Å². The number of carbonyl (C=O) groups is 1. The van der Waals surface area contributed by atoms with Crippen molar-refractivity contribution in [3.05, 3.63) is 35.4 Å². The quantitative estimate of drug-likeness (QED) is 0.681. The first kappa shape index (κ1) is 11.3. The highest BCUT2D eigenvalue weighted by atomic mass is 16.2. The smallest absolute Gasteiger partial charge is 0.227 e. The van der Waals surface area contributed by atoms with Crippen molar-refractivity contribution in [1.82, 2.24) is 4.90 Å². The number of terminal acetylenes is 1. The number of hydrogen-bond acceptors (Lipinski definition) is 1. The molecule has 0 radical (unpaired) electrons. The van der Waals surface area contributed by atoms with E-state index in [0.29, 0.717) is 13.0 Å². The summed E-state index contributed by atoms with van der Waals surface area (Å²) in [5.74, 6) is 2.50. The Bertz CT molecular complexity index is 390. The van der Waals surface area contributed by atoms with E-state index < -0.39 is 0 Å². The summed E-state index contributed by atoms with van der Waals surface area (Å²) < 4.78 is 0. The zero-order valence-electron chi connectivity index (χ0n) is 9.16. The lowest BCUT2D eigenvalue weighted by atomic mass is 10.1. The van der Waals surface area contributed by atoms with Crippen LogP contribution in [0.25, 0.3) is 0 Å². The van der Waals surface area contributed by atoms with Crippen LogP contribution >= 0.6 is 0 Å². The van der Waals surface area contributed by atoms with E-state index >= 15 is 0 Å². The molecule has 1 aromatic rings. The molecule has 0 spiro atoms. The minimum absolute atomic E-state index is 0.0542. The molecule has 2 nitrogen and oxygen atoms in total. The number of aryl methyl sites for hydroxylation is 1. The summed E-state index contributed by atoms with van der Waals surface area (Å²) in [5.41, 5.74) is 2.20. The number of likely N-dealkylation sites (N-methyl/N-ethyl adjacent to an activating group) is 1. The van der Waals surface area contributed by atoms with Crippen LogP contribution in [0.3, 0.4) is 0 Å². The van der Waals surface area contributed by atoms with E-state index in [9.17, 15) is 4.79 Å². The van der Waals surface area contributed by atoms with Gasteiger partial charge in [0.2, 0.25) is 5.91 Å². The zero-order chi connectivity index (χ0) is 11.3. The molecule has 0 aliphatic heterocycles. The van der Waals surface area contributed by atoms with Gasteiger partial charge in [0, 0.05) is 7.05 Å². The minimum atomic E-state index is 0.0542. The van der Waals surface area contributed by atoms with E-state index in [0.717, 1.165) is 5.56 Å². The fourth-order valence-corrected chi connectivity index (χ4v) is 1.36. The third-order valence-electron chi connectivity index (χ3n) is 2.19. The first-order valence-electron chi connectivity index (χ1n) is 4.86. The van der Waals surface area contributed by atoms with E-state index in [1.54, 1.807) is 11.9 Å². The molecule has 15 heavy (non-hydrogen) atoms. The lowest BCUT2D eigenvalue weighted by Crippen LogP contribution is -2.28. The summed E-state index contributed by atoms with van der Waals surface area (Å²) in [6.07, 6.45) is 5.56. The van der Waals surface area contributed by atoms with Crippen LogP contribution in [0.2, 0.25) is 0 Å². The molecule has 0 heterocycles. The molecular formula is C13H15NO. The maximum atomic E-state index is 11.6. The molecule has 0 atom stereocenters. The van der Waals surface area contributed by atoms with Gasteiger partial charge in [0.25, 0.3) is 0 Å². The number of rotatable bonds is 3. The van der Waals surface area contributed by atoms with Crippen molar-refractivity contribution in [3.8, 4) is 12.3 Å². The molecule has 1 rings (SSSR count). The SMILES string of the molecule is C#CCN(C)C(=O)Cc1cccc(C)c1. The number of nitrogens with zero attached hydrogens (tertiary/aromatic N) is 1. The highest BCUT2D eigenvalue weighted by Crippen LogP contribution is 2.05. The Balaban J connectivity index is 2.63. The molecule has 0 aliphatic carbocycles. The first-order chi connectivity index (χ1) is 7.13. The Morgan fingerprint density at radius 3 is 2.87 bits per heavy atom. The number of hydrogen-bond donors (Lipinski definition) is 0. The van der Waals surface area contributed by atoms with Crippen molar-refractivity contribution in [2.75, 3.05) is 13.6 Å². The number of carbonyl (C=O) groups excluding carboxylic acids is 1. The molecule has 0 bridgehead atoms. The van der Waals surface area contributed by atoms with Crippen molar-refractivity contribution in [2.24, 2.45) is 0 Å². The van der Waals surface area contributed by atoms with Crippen molar-refractivity contribution < 1.29 is 4.79 Å². The van der Waals surface area contributed by atoms with Crippen LogP contribution in [-0.4, -0.2) is 24.4 Å². The van der Waals surface area contributed by atoms with Crippen molar-refractivity contribution in [3.63, 3.8) is 0 Å². The van der Waals surface area contributed by atoms with Gasteiger partial charge in [0.15, 0.2) is 0 Å². The molecule has 0 fully saturated rings. The van der Waals surface area contributed by atoms with Crippen LogP contribution in [0.5, 0.6) is 0 Å². The molecule has 0 unspecified atom stereocenters. The lowest BCUT2D eigenvalue weighted by molar-refractivity contribution is -0.128. The van der Waals surface area contributed by atoms with Gasteiger partial charge in [-0.05, 0) is 12.5 Å². The number of amides is 1. The van der Waals surface area contributed by atoms with Gasteiger partial charge >= 0.3 is 0 Å². The Kier molecular flexibility index (Phi) is 3.93. The summed E-state index contributed by atoms with van der Waals surface area (Å²) >= 11 is 0. The van der Waals surface area contributed by atoms with Crippen LogP contribution in [0, 0.1) is 19.3 Å². The van der Waals surface area contributed by atoms with Crippen LogP contribution in [0.4, 0.5) is 0 Å². The van der Waals surface area contributed by atoms with Gasteiger partial charge in [-0.15, -0.1) is 6.42 Å². The summed E-state index contributed by atoms with van der Waals surface area (Å²) in [7, 11) is 1.72. The maximum Gasteiger partial charge on any atom is 0.227 e. The van der Waals surface area contributed by atoms with Gasteiger partial charge in [-0.2, -0.15) is 0 Å². The summed E-state index contributed by atoms with van der Waals surface area (Å²) in [6, 6.07) is 7.94. The van der Waals surface area contributed by atoms with Crippen LogP contribution in [-0.2, 0) is 11.2 Å². The molecule has 0 aliphatic rings. The normalized spacial score (nSPS) is 9.40. The molecule has 1 aromatic carbocycles. The second kappa shape index (κ2) is 5.21. The third-order valence-corrected chi connectivity index (χ3v) is 2.19. The standard InChI is InChI=1S/C13H15NO/c1-4-8-14(3)13(15)10-12-7-5-6-11(2)9-12/h1,5-7,9H,8,10H2,2-3H3. The van der Waals surface area contributed by atoms with Crippen LogP contribution in [0.15, 0.2) is 24.3 Å². The third kappa shape index (κ3) is 3.47. The predicted molar refractivity (Wildman–Crippen MR) is 61.4 cm³/mol. The molecule has 2 heteroatoms. The average molecular weight is 201 g/mol. The van der Waals surface area contributed by atoms with Crippen LogP contribution < -0.4 is 0 Å². The average Bonchev–Trinajstić information content (AvgIpc) is 2.18. The van der Waals surface area contributed by atoms with E-state index in [1.807, 2.05) is 31.2 Å². The molecule has 0 N–H and O–H groups in total. The van der Waals surface area contributed by atoms with Crippen molar-refractivity contribution in [2.45, 2.75) is 13.3 Å². The highest BCUT2D eigenvalue weighted by molar-refractivity contribution is 5.78. The van der Waals surface area contributed by atoms with Crippen molar-refractivity contribution in [1.29, 1.82) is 0 Å². The van der Waals surface area contributed by atoms with Gasteiger partial charge in [-0.3, -0.25) is 4.79 Å². The zero-order valence-corrected chi connectivity index (χ0v) is 9.16. The predicted octanol–water partition coefficient (Wildman–Crippen LogP) is 1.63. The van der Waals surface area contributed by atoms with Gasteiger partial charge in [-0.25, -0.2) is 0 Å². The van der Waals surface area contributed by atoms with Crippen LogP contribution in [0.1, 0.15) is 11.1 Å². The van der Waals surface area contributed by atoms with Gasteiger partial charge < -0.3 is 4.90 Å². The first-order valence-corrected chi connectivity index (χ1v) is 4.86. The Labute approximate surface area is 90.9 Å². The molecule has 1 amide bonds. The largest absolute Gasteiger partial charge is 0.334 e. The van der Waals surface area contributed by atoms with E-state index in [2.05, 4.69) is 5.92 Å². The molecule has 0 saturated heterocycles. The summed E-state index contributed by atoms with van der Waals surface area (Å²) in [5, 5.41) is 0. The number of benzene rings is 1. The lowest BCUT2D eigenvalue weighted by Gasteiger charge is -2.13. The second-order valence-corrected chi connectivity index (χ2v) is 3.62. The minimum Gasteiger partial charge on any atom is -0.334 e. The molecule has 0 saturated carbocycles. The van der Waals surface area contributed by atoms with Gasteiger partial charge in [0.1, 0.15) is 0 Å². The highest BCUT2D eigenvalue weighted by Gasteiger charge is 2.07. The Morgan fingerprint density at radius 2 is 2.27 bits per heavy atom. The monoisotopic (exact) mass is 201 g/mol. The summed E-state index contributed by atoms with van der Waals surface area (Å²) in [6.45, 7) is 2.38. The fraction of sp³-hybridized carbons (Fsp3) is 0.308. The topological polar surface area (TPSA) is 20.3 Å². The van der Waals surface area contributed by atoms with E-state index in [1.165, 1.54) is 5.56 Å². The van der Waals surface area contributed by atoms with Gasteiger partial charge in [-0.1, -0.05) is 35.7 Å². The fourth-order valence-electron chi connectivity index (χ4n) is 1.36. The van der Waals surface area contributed by atoms with Gasteiger partial charge in [0.05, 0.1) is 13.0 Å². The van der Waals surface area contributed by atoms with E-state index in [4.69, 9.17) is 6.42 Å². The van der Waals surface area contributed by atoms with E-state index in [-0.39, 0.29) is 5.91 Å². The molecular weight excluding hydrogens is 186 g/mol. The Morgan fingerprint density at radius 1 is 1.53 bits per heavy atom. The summed E-state index contributed by atoms with van der Waals surface area (Å²) in [4.78, 5) is 13.2. The maximum absolute atomic E-state index is 11.6.